The summed E-state index contributed by atoms with van der Waals surface area (Å²) in [6.45, 7) is 6.14. The lowest BCUT2D eigenvalue weighted by Crippen LogP contribution is -2.61. The summed E-state index contributed by atoms with van der Waals surface area (Å²) < 4.78 is 5.30. The van der Waals surface area contributed by atoms with Crippen molar-refractivity contribution in [3.05, 3.63) is 0 Å². The molecule has 1 amide bonds. The number of aliphatic hydroxyl groups excluding tert-OH is 1. The van der Waals surface area contributed by atoms with Crippen LogP contribution in [0.2, 0.25) is 0 Å². The standard InChI is InChI=1S/C19H34N2O3/c1-2-24-13-18(23)21-11-6-10-19(15-21)14-20(12-9-17(19)22)16-7-4-3-5-8-16/h16-17,22H,2-15H2,1H3/t17?,19-/m1/s1. The highest BCUT2D eigenvalue weighted by Gasteiger charge is 2.47. The number of carbonyl (C=O) groups excluding carboxylic acids is 1. The molecule has 1 unspecified atom stereocenters. The predicted molar refractivity (Wildman–Crippen MR) is 93.8 cm³/mol. The lowest BCUT2D eigenvalue weighted by atomic mass is 9.71. The fraction of sp³-hybridized carbons (Fsp3) is 0.947. The van der Waals surface area contributed by atoms with Gasteiger partial charge in [0.2, 0.25) is 5.91 Å². The summed E-state index contributed by atoms with van der Waals surface area (Å²) >= 11 is 0. The first kappa shape index (κ1) is 18.2. The molecule has 2 saturated heterocycles. The van der Waals surface area contributed by atoms with E-state index in [1.54, 1.807) is 0 Å². The molecule has 3 fully saturated rings. The molecule has 2 heterocycles. The van der Waals surface area contributed by atoms with Crippen molar-refractivity contribution in [1.82, 2.24) is 9.80 Å². The van der Waals surface area contributed by atoms with Gasteiger partial charge in [-0.3, -0.25) is 9.69 Å². The Morgan fingerprint density at radius 1 is 1.12 bits per heavy atom. The minimum absolute atomic E-state index is 0.0814. The van der Waals surface area contributed by atoms with E-state index in [0.717, 1.165) is 38.9 Å². The van der Waals surface area contributed by atoms with Crippen LogP contribution in [0.5, 0.6) is 0 Å². The monoisotopic (exact) mass is 338 g/mol. The zero-order valence-electron chi connectivity index (χ0n) is 15.2. The van der Waals surface area contributed by atoms with Gasteiger partial charge in [0.15, 0.2) is 0 Å². The van der Waals surface area contributed by atoms with E-state index < -0.39 is 0 Å². The number of nitrogens with zero attached hydrogens (tertiary/aromatic N) is 2. The van der Waals surface area contributed by atoms with Crippen LogP contribution in [0, 0.1) is 5.41 Å². The molecule has 2 atom stereocenters. The van der Waals surface area contributed by atoms with Gasteiger partial charge in [0.25, 0.3) is 0 Å². The molecule has 3 aliphatic rings. The Bertz CT molecular complexity index is 425. The van der Waals surface area contributed by atoms with Gasteiger partial charge in [0.05, 0.1) is 6.10 Å². The summed E-state index contributed by atoms with van der Waals surface area (Å²) in [4.78, 5) is 16.9. The molecule has 1 N–H and O–H groups in total. The van der Waals surface area contributed by atoms with Gasteiger partial charge >= 0.3 is 0 Å². The molecule has 0 bridgehead atoms. The first-order valence-corrected chi connectivity index (χ1v) is 9.92. The summed E-state index contributed by atoms with van der Waals surface area (Å²) in [6.07, 6.45) is 9.27. The topological polar surface area (TPSA) is 53.0 Å². The number of amides is 1. The molecule has 1 aliphatic carbocycles. The second kappa shape index (κ2) is 8.15. The zero-order chi connectivity index (χ0) is 17.0. The van der Waals surface area contributed by atoms with Crippen LogP contribution < -0.4 is 0 Å². The molecule has 0 radical (unpaired) electrons. The van der Waals surface area contributed by atoms with Crippen LogP contribution in [0.25, 0.3) is 0 Å². The van der Waals surface area contributed by atoms with E-state index in [9.17, 15) is 9.90 Å². The van der Waals surface area contributed by atoms with Crippen molar-refractivity contribution in [2.45, 2.75) is 70.4 Å². The average Bonchev–Trinajstić information content (AvgIpc) is 2.63. The smallest absolute Gasteiger partial charge is 0.248 e. The van der Waals surface area contributed by atoms with E-state index in [1.165, 1.54) is 32.1 Å². The van der Waals surface area contributed by atoms with Gasteiger partial charge in [-0.15, -0.1) is 0 Å². The largest absolute Gasteiger partial charge is 0.392 e. The van der Waals surface area contributed by atoms with Crippen LogP contribution in [0.3, 0.4) is 0 Å². The zero-order valence-corrected chi connectivity index (χ0v) is 15.2. The summed E-state index contributed by atoms with van der Waals surface area (Å²) in [5, 5.41) is 10.8. The Morgan fingerprint density at radius 3 is 2.67 bits per heavy atom. The van der Waals surface area contributed by atoms with E-state index in [2.05, 4.69) is 4.90 Å². The Labute approximate surface area is 146 Å². The number of hydrogen-bond acceptors (Lipinski definition) is 4. The molecular formula is C19H34N2O3. The maximum atomic E-state index is 12.4. The molecule has 5 nitrogen and oxygen atoms in total. The summed E-state index contributed by atoms with van der Waals surface area (Å²) in [5.74, 6) is 0.0814. The Morgan fingerprint density at radius 2 is 1.92 bits per heavy atom. The average molecular weight is 338 g/mol. The van der Waals surface area contributed by atoms with Gasteiger partial charge in [0.1, 0.15) is 6.61 Å². The van der Waals surface area contributed by atoms with Gasteiger partial charge < -0.3 is 14.7 Å². The number of piperidine rings is 2. The van der Waals surface area contributed by atoms with Crippen LogP contribution in [-0.2, 0) is 9.53 Å². The van der Waals surface area contributed by atoms with Crippen molar-refractivity contribution in [2.24, 2.45) is 5.41 Å². The third-order valence-corrected chi connectivity index (χ3v) is 6.40. The van der Waals surface area contributed by atoms with Crippen LogP contribution in [0.15, 0.2) is 0 Å². The van der Waals surface area contributed by atoms with Gasteiger partial charge in [0, 0.05) is 44.2 Å². The van der Waals surface area contributed by atoms with Gasteiger partial charge in [-0.1, -0.05) is 19.3 Å². The van der Waals surface area contributed by atoms with Crippen molar-refractivity contribution in [2.75, 3.05) is 39.4 Å². The predicted octanol–water partition coefficient (Wildman–Crippen LogP) is 2.03. The van der Waals surface area contributed by atoms with Crippen molar-refractivity contribution in [1.29, 1.82) is 0 Å². The van der Waals surface area contributed by atoms with Crippen molar-refractivity contribution >= 4 is 5.91 Å². The minimum atomic E-state index is -0.278. The maximum Gasteiger partial charge on any atom is 0.248 e. The fourth-order valence-electron chi connectivity index (χ4n) is 5.00. The number of rotatable bonds is 4. The molecule has 0 aromatic heterocycles. The molecule has 138 valence electrons. The summed E-state index contributed by atoms with van der Waals surface area (Å²) in [5.41, 5.74) is -0.129. The Balaban J connectivity index is 1.65. The molecule has 1 spiro atoms. The molecule has 3 rings (SSSR count). The Hall–Kier alpha value is -0.650. The lowest BCUT2D eigenvalue weighted by Gasteiger charge is -2.53. The van der Waals surface area contributed by atoms with E-state index >= 15 is 0 Å². The van der Waals surface area contributed by atoms with E-state index in [4.69, 9.17) is 4.74 Å². The summed E-state index contributed by atoms with van der Waals surface area (Å²) in [7, 11) is 0. The number of ether oxygens (including phenoxy) is 1. The molecule has 5 heteroatoms. The van der Waals surface area contributed by atoms with E-state index in [-0.39, 0.29) is 24.0 Å². The molecule has 0 aromatic carbocycles. The van der Waals surface area contributed by atoms with Crippen LogP contribution >= 0.6 is 0 Å². The molecular weight excluding hydrogens is 304 g/mol. The number of likely N-dealkylation sites (tertiary alicyclic amines) is 2. The third kappa shape index (κ3) is 3.94. The molecule has 2 aliphatic heterocycles. The fourth-order valence-corrected chi connectivity index (χ4v) is 5.00. The highest BCUT2D eigenvalue weighted by atomic mass is 16.5. The Kier molecular flexibility index (Phi) is 6.17. The maximum absolute atomic E-state index is 12.4. The van der Waals surface area contributed by atoms with Crippen molar-refractivity contribution in [3.63, 3.8) is 0 Å². The quantitative estimate of drug-likeness (QED) is 0.852. The van der Waals surface area contributed by atoms with Gasteiger partial charge in [-0.2, -0.15) is 0 Å². The first-order valence-electron chi connectivity index (χ1n) is 9.92. The van der Waals surface area contributed by atoms with Crippen LogP contribution in [0.1, 0.15) is 58.3 Å². The summed E-state index contributed by atoms with van der Waals surface area (Å²) in [6, 6.07) is 0.692. The second-order valence-electron chi connectivity index (χ2n) is 7.99. The number of carbonyl (C=O) groups is 1. The van der Waals surface area contributed by atoms with Gasteiger partial charge in [-0.05, 0) is 39.0 Å². The van der Waals surface area contributed by atoms with Crippen LogP contribution in [0.4, 0.5) is 0 Å². The van der Waals surface area contributed by atoms with Crippen molar-refractivity contribution in [3.8, 4) is 0 Å². The molecule has 0 aromatic rings. The second-order valence-corrected chi connectivity index (χ2v) is 7.99. The van der Waals surface area contributed by atoms with Crippen LogP contribution in [-0.4, -0.2) is 72.4 Å². The molecule has 24 heavy (non-hydrogen) atoms. The first-order chi connectivity index (χ1) is 11.6. The molecule has 1 saturated carbocycles. The third-order valence-electron chi connectivity index (χ3n) is 6.40. The highest BCUT2D eigenvalue weighted by Crippen LogP contribution is 2.40. The van der Waals surface area contributed by atoms with Gasteiger partial charge in [-0.25, -0.2) is 0 Å². The highest BCUT2D eigenvalue weighted by molar-refractivity contribution is 5.77. The van der Waals surface area contributed by atoms with E-state index in [0.29, 0.717) is 19.2 Å². The van der Waals surface area contributed by atoms with E-state index in [1.807, 2.05) is 11.8 Å². The number of hydrogen-bond donors (Lipinski definition) is 1. The van der Waals surface area contributed by atoms with Crippen molar-refractivity contribution < 1.29 is 14.6 Å². The SMILES string of the molecule is CCOCC(=O)N1CCC[C@]2(C1)CN(C1CCCCC1)CCC2O. The number of aliphatic hydroxyl groups is 1. The normalized spacial score (nSPS) is 33.1. The lowest BCUT2D eigenvalue weighted by molar-refractivity contribution is -0.147. The minimum Gasteiger partial charge on any atom is -0.392 e.